The molecule has 2 aromatic carbocycles. The smallest absolute Gasteiger partial charge is 0.319 e. The van der Waals surface area contributed by atoms with Crippen LogP contribution in [0.2, 0.25) is 0 Å². The minimum absolute atomic E-state index is 0.345. The molecule has 0 fully saturated rings. The van der Waals surface area contributed by atoms with Crippen molar-refractivity contribution in [2.75, 3.05) is 5.32 Å². The lowest BCUT2D eigenvalue weighted by Gasteiger charge is -2.21. The van der Waals surface area contributed by atoms with E-state index < -0.39 is 17.3 Å². The quantitative estimate of drug-likeness (QED) is 0.467. The number of aromatic amines is 1. The summed E-state index contributed by atoms with van der Waals surface area (Å²) in [6.45, 7) is 0.357. The average molecular weight is 384 g/mol. The summed E-state index contributed by atoms with van der Waals surface area (Å²) in [7, 11) is 0. The van der Waals surface area contributed by atoms with E-state index in [0.29, 0.717) is 12.2 Å². The summed E-state index contributed by atoms with van der Waals surface area (Å²) >= 11 is -2.42. The lowest BCUT2D eigenvalue weighted by atomic mass is 9.99. The van der Waals surface area contributed by atoms with E-state index in [1.165, 1.54) is 0 Å². The summed E-state index contributed by atoms with van der Waals surface area (Å²) in [4.78, 5) is 11.9. The fraction of sp³-hybridized carbons (Fsp3) is 0.111. The van der Waals surface area contributed by atoms with E-state index in [1.807, 2.05) is 30.3 Å². The van der Waals surface area contributed by atoms with Crippen molar-refractivity contribution < 1.29 is 13.6 Å². The summed E-state index contributed by atoms with van der Waals surface area (Å²) in [5, 5.41) is 11.9. The molecule has 9 heteroatoms. The highest BCUT2D eigenvalue weighted by Crippen LogP contribution is 2.23. The van der Waals surface area contributed by atoms with Gasteiger partial charge in [0.05, 0.1) is 12.2 Å². The molecule has 2 amide bonds. The maximum atomic E-state index is 11.9. The third-order valence-electron chi connectivity index (χ3n) is 3.86. The molecule has 0 bridgehead atoms. The molecule has 0 saturated heterocycles. The maximum Gasteiger partial charge on any atom is 0.319 e. The average Bonchev–Trinajstić information content (AvgIpc) is 3.19. The Bertz CT molecular complexity index is 885. The number of nitrogens with one attached hydrogen (secondary N) is 4. The Morgan fingerprint density at radius 2 is 1.81 bits per heavy atom. The van der Waals surface area contributed by atoms with E-state index in [4.69, 9.17) is 0 Å². The molecule has 0 aliphatic carbocycles. The third-order valence-corrected chi connectivity index (χ3v) is 4.28. The van der Waals surface area contributed by atoms with Crippen molar-refractivity contribution in [3.8, 4) is 0 Å². The number of hydrogen-bond acceptors (Lipinski definition) is 4. The van der Waals surface area contributed by atoms with Gasteiger partial charge in [-0.05, 0) is 23.3 Å². The molecule has 8 nitrogen and oxygen atoms in total. The van der Waals surface area contributed by atoms with Crippen LogP contribution in [0.15, 0.2) is 67.0 Å². The molecule has 0 radical (unpaired) electrons. The fourth-order valence-corrected chi connectivity index (χ4v) is 3.03. The van der Waals surface area contributed by atoms with E-state index in [9.17, 15) is 13.6 Å². The summed E-state index contributed by atoms with van der Waals surface area (Å²) in [6.07, 6.45) is 3.33. The zero-order valence-electron chi connectivity index (χ0n) is 14.2. The van der Waals surface area contributed by atoms with Crippen molar-refractivity contribution in [3.63, 3.8) is 0 Å². The Kier molecular flexibility index (Phi) is 6.31. The number of anilines is 1. The van der Waals surface area contributed by atoms with Gasteiger partial charge >= 0.3 is 6.03 Å². The van der Waals surface area contributed by atoms with Crippen molar-refractivity contribution in [1.29, 1.82) is 0 Å². The van der Waals surface area contributed by atoms with Gasteiger partial charge in [-0.25, -0.2) is 9.52 Å². The summed E-state index contributed by atoms with van der Waals surface area (Å²) in [5.74, 6) is 0. The molecule has 1 heterocycles. The minimum atomic E-state index is -2.42. The van der Waals surface area contributed by atoms with Crippen LogP contribution < -0.4 is 15.4 Å². The largest absolute Gasteiger partial charge is 0.760 e. The lowest BCUT2D eigenvalue weighted by Crippen LogP contribution is -2.28. The van der Waals surface area contributed by atoms with Crippen LogP contribution in [-0.2, 0) is 17.8 Å². The second-order valence-corrected chi connectivity index (χ2v) is 6.44. The van der Waals surface area contributed by atoms with Gasteiger partial charge in [-0.3, -0.25) is 9.31 Å². The van der Waals surface area contributed by atoms with Crippen LogP contribution in [0, 0.1) is 0 Å². The Morgan fingerprint density at radius 3 is 2.44 bits per heavy atom. The molecular weight excluding hydrogens is 366 g/mol. The number of benzene rings is 2. The molecule has 2 unspecified atom stereocenters. The number of carbonyl (C=O) groups excluding carboxylic acids is 1. The number of urea groups is 1. The molecule has 3 aromatic rings. The number of carbonyl (C=O) groups is 1. The first-order valence-electron chi connectivity index (χ1n) is 8.14. The lowest BCUT2D eigenvalue weighted by molar-refractivity contribution is 0.251. The minimum Gasteiger partial charge on any atom is -0.760 e. The second kappa shape index (κ2) is 9.08. The molecule has 0 aliphatic rings. The SMILES string of the molecule is O=C(NCc1cn[nH]c1)Nc1ccc(C(NS(=O)[O-])c2ccccc2)cc1. The first kappa shape index (κ1) is 18.8. The van der Waals surface area contributed by atoms with Crippen molar-refractivity contribution in [1.82, 2.24) is 20.2 Å². The molecule has 2 atom stereocenters. The summed E-state index contributed by atoms with van der Waals surface area (Å²) < 4.78 is 24.8. The number of rotatable bonds is 7. The maximum absolute atomic E-state index is 11.9. The monoisotopic (exact) mass is 384 g/mol. The van der Waals surface area contributed by atoms with Crippen molar-refractivity contribution in [3.05, 3.63) is 83.7 Å². The van der Waals surface area contributed by atoms with E-state index in [1.54, 1.807) is 36.7 Å². The molecule has 0 saturated carbocycles. The van der Waals surface area contributed by atoms with Crippen LogP contribution in [0.4, 0.5) is 10.5 Å². The zero-order valence-corrected chi connectivity index (χ0v) is 15.0. The molecular formula is C18H18N5O3S-. The van der Waals surface area contributed by atoms with E-state index in [0.717, 1.165) is 16.7 Å². The Labute approximate surface area is 158 Å². The Morgan fingerprint density at radius 1 is 1.11 bits per heavy atom. The van der Waals surface area contributed by atoms with E-state index >= 15 is 0 Å². The predicted molar refractivity (Wildman–Crippen MR) is 101 cm³/mol. The Hall–Kier alpha value is -3.01. The van der Waals surface area contributed by atoms with Crippen LogP contribution in [0.25, 0.3) is 0 Å². The highest BCUT2D eigenvalue weighted by atomic mass is 32.2. The van der Waals surface area contributed by atoms with E-state index in [2.05, 4.69) is 25.6 Å². The molecule has 4 N–H and O–H groups in total. The number of amides is 2. The fourth-order valence-electron chi connectivity index (χ4n) is 2.56. The van der Waals surface area contributed by atoms with Crippen molar-refractivity contribution in [2.45, 2.75) is 12.6 Å². The zero-order chi connectivity index (χ0) is 19.1. The summed E-state index contributed by atoms with van der Waals surface area (Å²) in [6, 6.07) is 15.4. The van der Waals surface area contributed by atoms with Gasteiger partial charge in [0.2, 0.25) is 0 Å². The van der Waals surface area contributed by atoms with Gasteiger partial charge in [-0.1, -0.05) is 42.5 Å². The van der Waals surface area contributed by atoms with Gasteiger partial charge in [0.25, 0.3) is 0 Å². The van der Waals surface area contributed by atoms with E-state index in [-0.39, 0.29) is 6.03 Å². The number of nitrogens with zero attached hydrogens (tertiary/aromatic N) is 1. The van der Waals surface area contributed by atoms with Crippen LogP contribution in [0.5, 0.6) is 0 Å². The first-order chi connectivity index (χ1) is 13.1. The normalized spacial score (nSPS) is 12.9. The molecule has 140 valence electrons. The highest BCUT2D eigenvalue weighted by molar-refractivity contribution is 7.77. The molecule has 0 aliphatic heterocycles. The van der Waals surface area contributed by atoms with Gasteiger partial charge in [0, 0.05) is 35.3 Å². The van der Waals surface area contributed by atoms with Gasteiger partial charge in [-0.2, -0.15) is 5.10 Å². The van der Waals surface area contributed by atoms with Crippen molar-refractivity contribution >= 4 is 23.0 Å². The van der Waals surface area contributed by atoms with Crippen LogP contribution in [-0.4, -0.2) is 25.0 Å². The standard InChI is InChI=1S/C18H19N5O3S/c24-18(19-10-13-11-20-21-12-13)22-16-8-6-15(7-9-16)17(23-27(25)26)14-4-2-1-3-5-14/h1-9,11-12,17,23H,10H2,(H,20,21)(H,25,26)(H2,19,22,24)/p-1. The van der Waals surface area contributed by atoms with Crippen molar-refractivity contribution in [2.24, 2.45) is 0 Å². The number of hydrogen-bond donors (Lipinski definition) is 4. The first-order valence-corrected chi connectivity index (χ1v) is 9.22. The van der Waals surface area contributed by atoms with Crippen LogP contribution >= 0.6 is 0 Å². The number of H-pyrrole nitrogens is 1. The summed E-state index contributed by atoms with van der Waals surface area (Å²) in [5.41, 5.74) is 3.04. The highest BCUT2D eigenvalue weighted by Gasteiger charge is 2.14. The van der Waals surface area contributed by atoms with Gasteiger partial charge in [-0.15, -0.1) is 0 Å². The molecule has 27 heavy (non-hydrogen) atoms. The Balaban J connectivity index is 1.65. The second-order valence-electron chi connectivity index (χ2n) is 5.73. The number of aromatic nitrogens is 2. The van der Waals surface area contributed by atoms with Crippen LogP contribution in [0.3, 0.4) is 0 Å². The molecule has 1 aromatic heterocycles. The van der Waals surface area contributed by atoms with Gasteiger partial charge in [0.15, 0.2) is 0 Å². The molecule has 0 spiro atoms. The van der Waals surface area contributed by atoms with Gasteiger partial charge in [0.1, 0.15) is 0 Å². The van der Waals surface area contributed by atoms with Gasteiger partial charge < -0.3 is 15.2 Å². The predicted octanol–water partition coefficient (Wildman–Crippen LogP) is 2.20. The molecule has 3 rings (SSSR count). The van der Waals surface area contributed by atoms with Crippen LogP contribution in [0.1, 0.15) is 22.7 Å². The topological polar surface area (TPSA) is 122 Å². The third kappa shape index (κ3) is 5.48.